The van der Waals surface area contributed by atoms with Gasteiger partial charge in [-0.2, -0.15) is 0 Å². The number of hydrogen-bond acceptors (Lipinski definition) is 7. The summed E-state index contributed by atoms with van der Waals surface area (Å²) in [5, 5.41) is 16.6. The van der Waals surface area contributed by atoms with Crippen LogP contribution in [0, 0.1) is 10.1 Å². The van der Waals surface area contributed by atoms with E-state index >= 15 is 0 Å². The smallest absolute Gasteiger partial charge is 0.270 e. The molecule has 11 heteroatoms. The van der Waals surface area contributed by atoms with Crippen molar-refractivity contribution in [2.45, 2.75) is 19.0 Å². The molecule has 2 N–H and O–H groups in total. The Morgan fingerprint density at radius 3 is 2.10 bits per heavy atom. The minimum atomic E-state index is -0.546. The van der Waals surface area contributed by atoms with Crippen molar-refractivity contribution >= 4 is 29.3 Å². The lowest BCUT2D eigenvalue weighted by Gasteiger charge is -2.20. The summed E-state index contributed by atoms with van der Waals surface area (Å²) in [5.74, 6) is -1.78. The summed E-state index contributed by atoms with van der Waals surface area (Å²) >= 11 is 0. The average molecular weight is 564 g/mol. The van der Waals surface area contributed by atoms with Gasteiger partial charge in [0.15, 0.2) is 0 Å². The second-order valence-corrected chi connectivity index (χ2v) is 9.63. The van der Waals surface area contributed by atoms with Gasteiger partial charge in [0.2, 0.25) is 0 Å². The van der Waals surface area contributed by atoms with Crippen LogP contribution in [0.2, 0.25) is 0 Å². The minimum absolute atomic E-state index is 0.0746. The van der Waals surface area contributed by atoms with Crippen molar-refractivity contribution < 1.29 is 24.1 Å². The molecule has 1 unspecified atom stereocenters. The average Bonchev–Trinajstić information content (AvgIpc) is 3.25. The number of benzene rings is 3. The fraction of sp³-hybridized carbons (Fsp3) is 0.129. The maximum Gasteiger partial charge on any atom is 0.270 e. The van der Waals surface area contributed by atoms with Crippen molar-refractivity contribution in [3.05, 3.63) is 141 Å². The Morgan fingerprint density at radius 2 is 1.45 bits per heavy atom. The second kappa shape index (κ2) is 12.2. The molecule has 2 heterocycles. The van der Waals surface area contributed by atoms with Crippen LogP contribution in [0.15, 0.2) is 97.1 Å². The lowest BCUT2D eigenvalue weighted by molar-refractivity contribution is -0.384. The van der Waals surface area contributed by atoms with Crippen molar-refractivity contribution in [3.63, 3.8) is 0 Å². The summed E-state index contributed by atoms with van der Waals surface area (Å²) in [7, 11) is 0. The van der Waals surface area contributed by atoms with E-state index < -0.39 is 34.6 Å². The molecule has 3 aromatic carbocycles. The van der Waals surface area contributed by atoms with Crippen molar-refractivity contribution in [2.24, 2.45) is 0 Å². The number of fused-ring (bicyclic) bond motifs is 1. The molecule has 5 rings (SSSR count). The van der Waals surface area contributed by atoms with E-state index in [0.29, 0.717) is 23.2 Å². The number of carbonyl (C=O) groups excluding carboxylic acids is 4. The van der Waals surface area contributed by atoms with Crippen molar-refractivity contribution in [3.8, 4) is 0 Å². The molecule has 0 radical (unpaired) electrons. The first kappa shape index (κ1) is 27.8. The van der Waals surface area contributed by atoms with E-state index in [1.165, 1.54) is 30.3 Å². The molecule has 1 aromatic heterocycles. The Labute approximate surface area is 240 Å². The molecule has 0 bridgehead atoms. The van der Waals surface area contributed by atoms with Gasteiger partial charge in [0.25, 0.3) is 29.3 Å². The van der Waals surface area contributed by atoms with Crippen LogP contribution in [-0.2, 0) is 13.0 Å². The normalized spacial score (nSPS) is 12.9. The van der Waals surface area contributed by atoms with E-state index in [1.54, 1.807) is 36.4 Å². The van der Waals surface area contributed by atoms with Gasteiger partial charge in [-0.25, -0.2) is 4.98 Å². The molecule has 0 saturated heterocycles. The van der Waals surface area contributed by atoms with Gasteiger partial charge in [-0.1, -0.05) is 48.5 Å². The molecule has 4 aromatic rings. The van der Waals surface area contributed by atoms with Gasteiger partial charge in [-0.05, 0) is 48.4 Å². The number of hydrogen-bond donors (Lipinski definition) is 2. The lowest BCUT2D eigenvalue weighted by atomic mass is 10.1. The number of imide groups is 1. The number of pyridine rings is 1. The fourth-order valence-electron chi connectivity index (χ4n) is 4.62. The van der Waals surface area contributed by atoms with E-state index in [4.69, 9.17) is 0 Å². The molecule has 1 aliphatic rings. The second-order valence-electron chi connectivity index (χ2n) is 9.63. The van der Waals surface area contributed by atoms with Gasteiger partial charge < -0.3 is 10.6 Å². The van der Waals surface area contributed by atoms with Gasteiger partial charge in [-0.15, -0.1) is 0 Å². The first-order valence-corrected chi connectivity index (χ1v) is 13.1. The van der Waals surface area contributed by atoms with E-state index in [1.807, 2.05) is 30.3 Å². The van der Waals surface area contributed by atoms with Crippen molar-refractivity contribution in [1.29, 1.82) is 0 Å². The summed E-state index contributed by atoms with van der Waals surface area (Å²) in [6, 6.07) is 25.5. The predicted octanol–water partition coefficient (Wildman–Crippen LogP) is 3.56. The zero-order valence-corrected chi connectivity index (χ0v) is 22.2. The number of aromatic nitrogens is 1. The van der Waals surface area contributed by atoms with Crippen LogP contribution >= 0.6 is 0 Å². The Balaban J connectivity index is 1.27. The first-order valence-electron chi connectivity index (χ1n) is 13.1. The van der Waals surface area contributed by atoms with Crippen LogP contribution in [-0.4, -0.2) is 51.0 Å². The molecule has 0 fully saturated rings. The zero-order valence-electron chi connectivity index (χ0n) is 22.2. The molecule has 1 atom stereocenters. The molecule has 42 heavy (non-hydrogen) atoms. The fourth-order valence-corrected chi connectivity index (χ4v) is 4.62. The number of nitrogens with zero attached hydrogens (tertiary/aromatic N) is 3. The van der Waals surface area contributed by atoms with Crippen LogP contribution in [0.3, 0.4) is 0 Å². The highest BCUT2D eigenvalue weighted by atomic mass is 16.6. The Bertz CT molecular complexity index is 1640. The molecule has 4 amide bonds. The number of non-ortho nitro benzene ring substituents is 1. The van der Waals surface area contributed by atoms with Gasteiger partial charge >= 0.3 is 0 Å². The Morgan fingerprint density at radius 1 is 0.810 bits per heavy atom. The number of carbonyl (C=O) groups is 4. The molecule has 0 spiro atoms. The van der Waals surface area contributed by atoms with Crippen LogP contribution in [0.1, 0.15) is 52.8 Å². The van der Waals surface area contributed by atoms with Gasteiger partial charge in [-0.3, -0.25) is 34.2 Å². The van der Waals surface area contributed by atoms with Crippen molar-refractivity contribution in [2.75, 3.05) is 6.54 Å². The highest BCUT2D eigenvalue weighted by molar-refractivity contribution is 6.21. The highest BCUT2D eigenvalue weighted by Gasteiger charge is 2.35. The molecule has 1 aliphatic heterocycles. The van der Waals surface area contributed by atoms with Crippen LogP contribution in [0.25, 0.3) is 0 Å². The minimum Gasteiger partial charge on any atom is -0.350 e. The number of amides is 4. The zero-order chi connectivity index (χ0) is 29.6. The van der Waals surface area contributed by atoms with E-state index in [0.717, 1.165) is 10.5 Å². The number of nitrogens with one attached hydrogen (secondary N) is 2. The molecule has 0 saturated carbocycles. The third-order valence-electron chi connectivity index (χ3n) is 6.75. The summed E-state index contributed by atoms with van der Waals surface area (Å²) in [6.07, 6.45) is 0.405. The summed E-state index contributed by atoms with van der Waals surface area (Å²) in [6.45, 7) is -0.0165. The standard InChI is InChI=1S/C31H25N5O6/c37-28(21-13-15-24(16-14-21)36(41)42)32-18-23(17-20-7-2-1-3-8-20)34-29(38)27-12-6-9-22(33-27)19-35-30(39)25-10-4-5-11-26(25)31(35)40/h1-16,23H,17-19H2,(H,32,37)(H,34,38). The topological polar surface area (TPSA) is 152 Å². The van der Waals surface area contributed by atoms with E-state index in [2.05, 4.69) is 15.6 Å². The van der Waals surface area contributed by atoms with E-state index in [-0.39, 0.29) is 30.0 Å². The van der Waals surface area contributed by atoms with Gasteiger partial charge in [0.05, 0.1) is 34.3 Å². The lowest BCUT2D eigenvalue weighted by Crippen LogP contribution is -2.45. The van der Waals surface area contributed by atoms with Crippen molar-refractivity contribution in [1.82, 2.24) is 20.5 Å². The SMILES string of the molecule is O=C(NCC(Cc1ccccc1)NC(=O)c1cccc(CN2C(=O)c3ccccc3C2=O)n1)c1ccc([N+](=O)[O-])cc1. The molecule has 210 valence electrons. The third-order valence-corrected chi connectivity index (χ3v) is 6.75. The van der Waals surface area contributed by atoms with Crippen LogP contribution in [0.4, 0.5) is 5.69 Å². The molecule has 11 nitrogen and oxygen atoms in total. The summed E-state index contributed by atoms with van der Waals surface area (Å²) in [5.41, 5.74) is 2.16. The summed E-state index contributed by atoms with van der Waals surface area (Å²) in [4.78, 5) is 67.3. The molecular formula is C31H25N5O6. The monoisotopic (exact) mass is 563 g/mol. The number of rotatable bonds is 10. The molecule has 0 aliphatic carbocycles. The quantitative estimate of drug-likeness (QED) is 0.170. The number of nitro groups is 1. The summed E-state index contributed by atoms with van der Waals surface area (Å²) < 4.78 is 0. The van der Waals surface area contributed by atoms with E-state index in [9.17, 15) is 29.3 Å². The van der Waals surface area contributed by atoms with Crippen LogP contribution in [0.5, 0.6) is 0 Å². The Kier molecular flexibility index (Phi) is 8.10. The Hall–Kier alpha value is -5.71. The third kappa shape index (κ3) is 6.20. The number of nitro benzene ring substituents is 1. The van der Waals surface area contributed by atoms with Crippen LogP contribution < -0.4 is 10.6 Å². The molecular weight excluding hydrogens is 538 g/mol. The maximum atomic E-state index is 13.3. The maximum absolute atomic E-state index is 13.3. The first-order chi connectivity index (χ1) is 20.3. The predicted molar refractivity (Wildman–Crippen MR) is 152 cm³/mol. The highest BCUT2D eigenvalue weighted by Crippen LogP contribution is 2.24. The largest absolute Gasteiger partial charge is 0.350 e. The van der Waals surface area contributed by atoms with Gasteiger partial charge in [0, 0.05) is 24.2 Å². The van der Waals surface area contributed by atoms with Gasteiger partial charge in [0.1, 0.15) is 5.69 Å².